The van der Waals surface area contributed by atoms with E-state index < -0.39 is 30.3 Å². The number of halogens is 3. The number of alkyl halides is 3. The van der Waals surface area contributed by atoms with Gasteiger partial charge in [-0.2, -0.15) is 18.3 Å². The summed E-state index contributed by atoms with van der Waals surface area (Å²) in [7, 11) is 0. The van der Waals surface area contributed by atoms with Gasteiger partial charge >= 0.3 is 12.1 Å². The Hall–Kier alpha value is -1.60. The molecule has 0 saturated carbocycles. The molecule has 0 aliphatic carbocycles. The predicted octanol–water partition coefficient (Wildman–Crippen LogP) is 0.925. The summed E-state index contributed by atoms with van der Waals surface area (Å²) in [6.45, 7) is 0. The van der Waals surface area contributed by atoms with Crippen molar-refractivity contribution in [2.45, 2.75) is 18.5 Å². The first-order chi connectivity index (χ1) is 6.41. The number of H-pyrrole nitrogens is 1. The van der Waals surface area contributed by atoms with E-state index in [1.54, 1.807) is 0 Å². The van der Waals surface area contributed by atoms with Crippen molar-refractivity contribution in [3.05, 3.63) is 12.2 Å². The minimum atomic E-state index is -4.64. The van der Waals surface area contributed by atoms with Gasteiger partial charge in [-0.05, 0) is 0 Å². The SMILES string of the molecule is O=C(O)CC(c1ncn[nH]1)C(F)(F)F. The summed E-state index contributed by atoms with van der Waals surface area (Å²) in [5.74, 6) is -4.16. The zero-order valence-electron chi connectivity index (χ0n) is 6.75. The van der Waals surface area contributed by atoms with Gasteiger partial charge < -0.3 is 5.11 Å². The molecule has 0 aromatic carbocycles. The lowest BCUT2D eigenvalue weighted by Crippen LogP contribution is -2.24. The summed E-state index contributed by atoms with van der Waals surface area (Å²) in [5.41, 5.74) is 0. The Balaban J connectivity index is 2.89. The van der Waals surface area contributed by atoms with E-state index in [1.807, 2.05) is 5.10 Å². The number of nitrogens with zero attached hydrogens (tertiary/aromatic N) is 2. The van der Waals surface area contributed by atoms with Crippen molar-refractivity contribution in [3.63, 3.8) is 0 Å². The van der Waals surface area contributed by atoms with Crippen LogP contribution in [0.25, 0.3) is 0 Å². The van der Waals surface area contributed by atoms with E-state index in [0.29, 0.717) is 0 Å². The van der Waals surface area contributed by atoms with Gasteiger partial charge in [0.15, 0.2) is 0 Å². The van der Waals surface area contributed by atoms with Crippen LogP contribution in [0, 0.1) is 0 Å². The van der Waals surface area contributed by atoms with Gasteiger partial charge in [-0.25, -0.2) is 4.98 Å². The second-order valence-corrected chi connectivity index (χ2v) is 2.56. The van der Waals surface area contributed by atoms with Crippen molar-refractivity contribution in [2.75, 3.05) is 0 Å². The maximum atomic E-state index is 12.3. The number of aliphatic carboxylic acids is 1. The molecule has 8 heteroatoms. The van der Waals surface area contributed by atoms with Crippen LogP contribution in [0.5, 0.6) is 0 Å². The molecular weight excluding hydrogens is 203 g/mol. The van der Waals surface area contributed by atoms with E-state index >= 15 is 0 Å². The maximum absolute atomic E-state index is 12.3. The summed E-state index contributed by atoms with van der Waals surface area (Å²) in [6.07, 6.45) is -4.80. The van der Waals surface area contributed by atoms with Crippen LogP contribution in [0.15, 0.2) is 6.33 Å². The molecule has 2 N–H and O–H groups in total. The molecular formula is C6H6F3N3O2. The Bertz CT molecular complexity index is 309. The number of hydrogen-bond acceptors (Lipinski definition) is 3. The fourth-order valence-corrected chi connectivity index (χ4v) is 0.925. The first-order valence-electron chi connectivity index (χ1n) is 3.55. The van der Waals surface area contributed by atoms with Crippen LogP contribution >= 0.6 is 0 Å². The summed E-state index contributed by atoms with van der Waals surface area (Å²) < 4.78 is 36.9. The van der Waals surface area contributed by atoms with E-state index in [1.165, 1.54) is 0 Å². The maximum Gasteiger partial charge on any atom is 0.399 e. The Morgan fingerprint density at radius 2 is 2.29 bits per heavy atom. The Morgan fingerprint density at radius 1 is 1.64 bits per heavy atom. The molecule has 0 radical (unpaired) electrons. The summed E-state index contributed by atoms with van der Waals surface area (Å²) in [6, 6.07) is 0. The number of hydrogen-bond donors (Lipinski definition) is 2. The molecule has 0 spiro atoms. The molecule has 78 valence electrons. The standard InChI is InChI=1S/C6H6F3N3O2/c7-6(8,9)3(1-4(13)14)5-10-2-11-12-5/h2-3H,1H2,(H,13,14)(H,10,11,12). The fraction of sp³-hybridized carbons (Fsp3) is 0.500. The number of nitrogens with one attached hydrogen (secondary N) is 1. The van der Waals surface area contributed by atoms with E-state index in [9.17, 15) is 18.0 Å². The molecule has 0 amide bonds. The van der Waals surface area contributed by atoms with Crippen LogP contribution in [0.4, 0.5) is 13.2 Å². The van der Waals surface area contributed by atoms with Gasteiger partial charge in [-0.1, -0.05) is 0 Å². The largest absolute Gasteiger partial charge is 0.481 e. The van der Waals surface area contributed by atoms with E-state index in [2.05, 4.69) is 10.1 Å². The molecule has 0 fully saturated rings. The minimum Gasteiger partial charge on any atom is -0.481 e. The number of aromatic nitrogens is 3. The summed E-state index contributed by atoms with van der Waals surface area (Å²) in [5, 5.41) is 13.5. The summed E-state index contributed by atoms with van der Waals surface area (Å²) in [4.78, 5) is 13.5. The molecule has 14 heavy (non-hydrogen) atoms. The molecule has 1 heterocycles. The van der Waals surface area contributed by atoms with Crippen molar-refractivity contribution in [1.82, 2.24) is 15.2 Å². The van der Waals surface area contributed by atoms with Crippen molar-refractivity contribution < 1.29 is 23.1 Å². The lowest BCUT2D eigenvalue weighted by molar-refractivity contribution is -0.164. The fourth-order valence-electron chi connectivity index (χ4n) is 0.925. The highest BCUT2D eigenvalue weighted by Gasteiger charge is 2.43. The Morgan fingerprint density at radius 3 is 2.64 bits per heavy atom. The highest BCUT2D eigenvalue weighted by molar-refractivity contribution is 5.67. The second-order valence-electron chi connectivity index (χ2n) is 2.56. The van der Waals surface area contributed by atoms with Crippen LogP contribution in [0.1, 0.15) is 18.2 Å². The molecule has 0 bridgehead atoms. The average Bonchev–Trinajstić information content (AvgIpc) is 2.49. The van der Waals surface area contributed by atoms with Gasteiger partial charge in [0.25, 0.3) is 0 Å². The third kappa shape index (κ3) is 2.44. The van der Waals surface area contributed by atoms with E-state index in [-0.39, 0.29) is 0 Å². The van der Waals surface area contributed by atoms with E-state index in [4.69, 9.17) is 5.11 Å². The molecule has 1 aromatic heterocycles. The first-order valence-corrected chi connectivity index (χ1v) is 3.55. The third-order valence-corrected chi connectivity index (χ3v) is 1.54. The number of carboxylic acids is 1. The number of aromatic amines is 1. The van der Waals surface area contributed by atoms with E-state index in [0.717, 1.165) is 6.33 Å². The Kier molecular flexibility index (Phi) is 2.73. The average molecular weight is 209 g/mol. The lowest BCUT2D eigenvalue weighted by Gasteiger charge is -2.15. The molecule has 0 aliphatic rings. The first kappa shape index (κ1) is 10.5. The normalized spacial score (nSPS) is 13.9. The van der Waals surface area contributed by atoms with Gasteiger partial charge in [0.2, 0.25) is 0 Å². The zero-order chi connectivity index (χ0) is 10.8. The minimum absolute atomic E-state index is 0.486. The quantitative estimate of drug-likeness (QED) is 0.775. The third-order valence-electron chi connectivity index (χ3n) is 1.54. The topological polar surface area (TPSA) is 78.9 Å². The van der Waals surface area contributed by atoms with Crippen LogP contribution in [0.3, 0.4) is 0 Å². The number of carbonyl (C=O) groups is 1. The number of carboxylic acid groups (broad SMARTS) is 1. The highest BCUT2D eigenvalue weighted by Crippen LogP contribution is 2.35. The van der Waals surface area contributed by atoms with Gasteiger partial charge in [0.1, 0.15) is 18.1 Å². The number of rotatable bonds is 3. The van der Waals surface area contributed by atoms with Crippen LogP contribution in [-0.2, 0) is 4.79 Å². The van der Waals surface area contributed by atoms with Crippen LogP contribution < -0.4 is 0 Å². The van der Waals surface area contributed by atoms with Crippen LogP contribution in [0.2, 0.25) is 0 Å². The lowest BCUT2D eigenvalue weighted by atomic mass is 10.0. The van der Waals surface area contributed by atoms with Crippen molar-refractivity contribution in [2.24, 2.45) is 0 Å². The highest BCUT2D eigenvalue weighted by atomic mass is 19.4. The molecule has 0 aliphatic heterocycles. The van der Waals surface area contributed by atoms with Crippen molar-refractivity contribution in [1.29, 1.82) is 0 Å². The monoisotopic (exact) mass is 209 g/mol. The second kappa shape index (κ2) is 3.64. The smallest absolute Gasteiger partial charge is 0.399 e. The predicted molar refractivity (Wildman–Crippen MR) is 37.4 cm³/mol. The van der Waals surface area contributed by atoms with Gasteiger partial charge in [0.05, 0.1) is 6.42 Å². The Labute approximate surface area is 76.0 Å². The van der Waals surface area contributed by atoms with Crippen molar-refractivity contribution >= 4 is 5.97 Å². The van der Waals surface area contributed by atoms with Gasteiger partial charge in [-0.3, -0.25) is 9.89 Å². The zero-order valence-corrected chi connectivity index (χ0v) is 6.75. The summed E-state index contributed by atoms with van der Waals surface area (Å²) >= 11 is 0. The molecule has 0 saturated heterocycles. The van der Waals surface area contributed by atoms with Crippen LogP contribution in [-0.4, -0.2) is 32.4 Å². The molecule has 1 atom stereocenters. The van der Waals surface area contributed by atoms with Crippen molar-refractivity contribution in [3.8, 4) is 0 Å². The molecule has 1 aromatic rings. The van der Waals surface area contributed by atoms with Gasteiger partial charge in [-0.15, -0.1) is 0 Å². The van der Waals surface area contributed by atoms with Gasteiger partial charge in [0, 0.05) is 0 Å². The molecule has 1 unspecified atom stereocenters. The molecule has 1 rings (SSSR count). The molecule has 5 nitrogen and oxygen atoms in total.